The molecule has 89 valence electrons. The molecule has 1 saturated carbocycles. The van der Waals surface area contributed by atoms with Gasteiger partial charge in [0.15, 0.2) is 0 Å². The average molecular weight is 362 g/mol. The minimum atomic E-state index is 0. The third kappa shape index (κ3) is 4.45. The molecule has 0 amide bonds. The van der Waals surface area contributed by atoms with Crippen LogP contribution in [0.15, 0.2) is 6.20 Å². The fourth-order valence-electron chi connectivity index (χ4n) is 2.25. The van der Waals surface area contributed by atoms with Crippen LogP contribution in [0.3, 0.4) is 0 Å². The van der Waals surface area contributed by atoms with E-state index in [0.717, 1.165) is 30.7 Å². The maximum absolute atomic E-state index is 6.24. The Balaban J connectivity index is 0.00000144. The van der Waals surface area contributed by atoms with E-state index in [0.29, 0.717) is 5.92 Å². The Morgan fingerprint density at radius 3 is 2.76 bits per heavy atom. The van der Waals surface area contributed by atoms with Crippen LogP contribution in [0.5, 0.6) is 0 Å². The quantitative estimate of drug-likeness (QED) is 0.454. The van der Waals surface area contributed by atoms with Crippen LogP contribution < -0.4 is 0 Å². The molecule has 0 bridgehead atoms. The Hall–Kier alpha value is 1.38. The van der Waals surface area contributed by atoms with Gasteiger partial charge in [-0.15, -0.1) is 23.2 Å². The van der Waals surface area contributed by atoms with E-state index in [9.17, 15) is 0 Å². The molecule has 0 aromatic carbocycles. The molecule has 0 saturated heterocycles. The molecule has 0 N–H and O–H groups in total. The summed E-state index contributed by atoms with van der Waals surface area (Å²) in [6.07, 6.45) is 5.67. The van der Waals surface area contributed by atoms with Crippen LogP contribution >= 0.6 is 34.5 Å². The number of thiazole rings is 1. The Morgan fingerprint density at radius 1 is 1.47 bits per heavy atom. The third-order valence-corrected chi connectivity index (χ3v) is 4.93. The summed E-state index contributed by atoms with van der Waals surface area (Å²) >= 11 is 13.9. The third-order valence-electron chi connectivity index (χ3n) is 3.19. The molecule has 1 aliphatic carbocycles. The zero-order chi connectivity index (χ0) is 11.5. The maximum atomic E-state index is 6.24. The molecule has 17 heavy (non-hydrogen) atoms. The first-order chi connectivity index (χ1) is 7.68. The van der Waals surface area contributed by atoms with E-state index >= 15 is 0 Å². The topological polar surface area (TPSA) is 12.9 Å². The number of halogens is 2. The molecule has 0 aliphatic heterocycles. The molecule has 1 fully saturated rings. The molecule has 1 aliphatic rings. The van der Waals surface area contributed by atoms with Crippen LogP contribution in [-0.4, -0.2) is 23.6 Å². The number of alkyl halides is 2. The zero-order valence-corrected chi connectivity index (χ0v) is 14.6. The van der Waals surface area contributed by atoms with Crippen molar-refractivity contribution < 1.29 is 32.7 Å². The largest absolute Gasteiger partial charge is 0.364 e. The van der Waals surface area contributed by atoms with Crippen molar-refractivity contribution in [2.75, 3.05) is 0 Å². The van der Waals surface area contributed by atoms with Gasteiger partial charge in [0, 0.05) is 43.5 Å². The van der Waals surface area contributed by atoms with Gasteiger partial charge in [0.1, 0.15) is 0 Å². The number of hydrogen-bond donors (Lipinski definition) is 0. The smallest absolute Gasteiger partial charge is 0.0724 e. The van der Waals surface area contributed by atoms with Gasteiger partial charge in [-0.1, -0.05) is 36.3 Å². The molecule has 1 heterocycles. The second-order valence-corrected chi connectivity index (χ2v) is 6.31. The summed E-state index contributed by atoms with van der Waals surface area (Å²) in [6, 6.07) is 0. The first kappa shape index (κ1) is 16.4. The second kappa shape index (κ2) is 7.84. The van der Waals surface area contributed by atoms with Crippen molar-refractivity contribution in [2.24, 2.45) is 5.92 Å². The fraction of sp³-hybridized carbons (Fsp3) is 0.727. The predicted molar refractivity (Wildman–Crippen MR) is 70.8 cm³/mol. The fourth-order valence-corrected chi connectivity index (χ4v) is 3.80. The van der Waals surface area contributed by atoms with Crippen molar-refractivity contribution in [3.8, 4) is 0 Å². The van der Waals surface area contributed by atoms with Gasteiger partial charge in [-0.2, -0.15) is 5.38 Å². The summed E-state index contributed by atoms with van der Waals surface area (Å²) in [6.45, 7) is 0. The summed E-state index contributed by atoms with van der Waals surface area (Å²) in [7, 11) is 6.04. The van der Waals surface area contributed by atoms with Crippen molar-refractivity contribution >= 4 is 42.4 Å². The average Bonchev–Trinajstić information content (AvgIpc) is 2.82. The van der Waals surface area contributed by atoms with Gasteiger partial charge >= 0.3 is 0 Å². The summed E-state index contributed by atoms with van der Waals surface area (Å²) < 4.78 is 0. The summed E-state index contributed by atoms with van der Waals surface area (Å²) in [5, 5.41) is 4.31. The zero-order valence-electron chi connectivity index (χ0n) is 9.48. The van der Waals surface area contributed by atoms with Crippen molar-refractivity contribution in [2.45, 2.75) is 42.3 Å². The second-order valence-electron chi connectivity index (χ2n) is 4.27. The SMILES string of the molecule is [B]C1C(Cl)CC(Cl)C1CCCc1nc[c-]s1.[Y]. The van der Waals surface area contributed by atoms with E-state index in [-0.39, 0.29) is 49.3 Å². The molecule has 2 rings (SSSR count). The Bertz CT molecular complexity index is 325. The van der Waals surface area contributed by atoms with E-state index in [1.807, 2.05) is 0 Å². The van der Waals surface area contributed by atoms with Crippen LogP contribution in [0.1, 0.15) is 24.3 Å². The van der Waals surface area contributed by atoms with E-state index in [2.05, 4.69) is 10.4 Å². The van der Waals surface area contributed by atoms with Gasteiger partial charge in [0.05, 0.1) is 7.85 Å². The van der Waals surface area contributed by atoms with Crippen molar-refractivity contribution in [3.63, 3.8) is 0 Å². The van der Waals surface area contributed by atoms with Gasteiger partial charge in [-0.3, -0.25) is 0 Å². The van der Waals surface area contributed by atoms with Gasteiger partial charge < -0.3 is 16.3 Å². The Morgan fingerprint density at radius 2 is 2.24 bits per heavy atom. The monoisotopic (exact) mass is 361 g/mol. The Labute approximate surface area is 143 Å². The molecule has 1 nitrogen and oxygen atoms in total. The predicted octanol–water partition coefficient (Wildman–Crippen LogP) is 3.46. The van der Waals surface area contributed by atoms with Crippen molar-refractivity contribution in [3.05, 3.63) is 16.6 Å². The standard InChI is InChI=1S/C11H13BCl2NS.Y/c12-11-7(8(13)6-9(11)14)2-1-3-10-15-4-5-16-10;/h4,7-9,11H,1-3,6H2;/q-1;. The molecule has 3 radical (unpaired) electrons. The minimum absolute atomic E-state index is 0. The van der Waals surface area contributed by atoms with Gasteiger partial charge in [-0.25, -0.2) is 0 Å². The van der Waals surface area contributed by atoms with Gasteiger partial charge in [-0.05, 0) is 12.3 Å². The normalized spacial score (nSPS) is 32.4. The molecule has 6 heteroatoms. The van der Waals surface area contributed by atoms with Crippen LogP contribution in [0.2, 0.25) is 5.82 Å². The van der Waals surface area contributed by atoms with E-state index in [4.69, 9.17) is 31.0 Å². The van der Waals surface area contributed by atoms with Crippen LogP contribution in [0.4, 0.5) is 0 Å². The summed E-state index contributed by atoms with van der Waals surface area (Å²) in [5.41, 5.74) is 0. The summed E-state index contributed by atoms with van der Waals surface area (Å²) in [5.74, 6) is 0.403. The van der Waals surface area contributed by atoms with Crippen molar-refractivity contribution in [1.29, 1.82) is 0 Å². The van der Waals surface area contributed by atoms with Gasteiger partial charge in [0.25, 0.3) is 0 Å². The maximum Gasteiger partial charge on any atom is 0.0724 e. The van der Waals surface area contributed by atoms with Crippen molar-refractivity contribution in [1.82, 2.24) is 4.98 Å². The van der Waals surface area contributed by atoms with Gasteiger partial charge in [0.2, 0.25) is 0 Å². The molecular weight excluding hydrogens is 349 g/mol. The first-order valence-electron chi connectivity index (χ1n) is 5.53. The number of rotatable bonds is 4. The van der Waals surface area contributed by atoms with Crippen LogP contribution in [0, 0.1) is 11.3 Å². The molecule has 1 aromatic heterocycles. The number of aromatic nitrogens is 1. The summed E-state index contributed by atoms with van der Waals surface area (Å²) in [4.78, 5) is 4.21. The first-order valence-corrected chi connectivity index (χ1v) is 7.22. The van der Waals surface area contributed by atoms with Crippen LogP contribution in [0.25, 0.3) is 0 Å². The number of aryl methyl sites for hydroxylation is 1. The molecule has 4 atom stereocenters. The van der Waals surface area contributed by atoms with E-state index < -0.39 is 0 Å². The van der Waals surface area contributed by atoms with E-state index in [1.165, 1.54) is 0 Å². The Kier molecular flexibility index (Phi) is 7.58. The number of nitrogens with zero attached hydrogens (tertiary/aromatic N) is 1. The molecular formula is C11H13BCl2NSY-. The molecule has 1 aromatic rings. The molecule has 0 spiro atoms. The number of hydrogen-bond acceptors (Lipinski definition) is 2. The van der Waals surface area contributed by atoms with E-state index in [1.54, 1.807) is 17.5 Å². The molecule has 4 unspecified atom stereocenters. The minimum Gasteiger partial charge on any atom is -0.364 e. The van der Waals surface area contributed by atoms with Crippen LogP contribution in [-0.2, 0) is 39.1 Å².